The molecule has 2 rings (SSSR count). The van der Waals surface area contributed by atoms with Crippen LogP contribution in [0.1, 0.15) is 52.4 Å². The van der Waals surface area contributed by atoms with Crippen molar-refractivity contribution in [1.29, 1.82) is 0 Å². The molecule has 3 heteroatoms. The fraction of sp³-hybridized carbons (Fsp3) is 1.00. The van der Waals surface area contributed by atoms with Crippen LogP contribution in [0.4, 0.5) is 0 Å². The maximum Gasteiger partial charge on any atom is 0.0207 e. The Morgan fingerprint density at radius 1 is 1.11 bits per heavy atom. The van der Waals surface area contributed by atoms with Crippen LogP contribution in [-0.2, 0) is 0 Å². The van der Waals surface area contributed by atoms with Crippen molar-refractivity contribution < 1.29 is 0 Å². The van der Waals surface area contributed by atoms with Gasteiger partial charge in [0.15, 0.2) is 0 Å². The molecular formula is C16H33N3. The van der Waals surface area contributed by atoms with E-state index in [1.54, 1.807) is 0 Å². The molecular weight excluding hydrogens is 234 g/mol. The van der Waals surface area contributed by atoms with Crippen molar-refractivity contribution in [3.63, 3.8) is 0 Å². The van der Waals surface area contributed by atoms with Crippen LogP contribution in [0.2, 0.25) is 0 Å². The van der Waals surface area contributed by atoms with Crippen molar-refractivity contribution in [2.24, 2.45) is 0 Å². The van der Waals surface area contributed by atoms with E-state index in [1.165, 1.54) is 77.8 Å². The minimum Gasteiger partial charge on any atom is -0.313 e. The first-order valence-corrected chi connectivity index (χ1v) is 8.49. The topological polar surface area (TPSA) is 18.5 Å². The van der Waals surface area contributed by atoms with Gasteiger partial charge in [0.05, 0.1) is 0 Å². The molecule has 0 aromatic rings. The summed E-state index contributed by atoms with van der Waals surface area (Å²) in [5, 5.41) is 3.66. The molecule has 0 saturated carbocycles. The monoisotopic (exact) mass is 267 g/mol. The van der Waals surface area contributed by atoms with Crippen LogP contribution >= 0.6 is 0 Å². The summed E-state index contributed by atoms with van der Waals surface area (Å²) >= 11 is 0. The van der Waals surface area contributed by atoms with Crippen molar-refractivity contribution in [3.05, 3.63) is 0 Å². The Bertz CT molecular complexity index is 244. The summed E-state index contributed by atoms with van der Waals surface area (Å²) in [7, 11) is 0. The summed E-state index contributed by atoms with van der Waals surface area (Å²) in [5.41, 5.74) is 0. The van der Waals surface area contributed by atoms with Gasteiger partial charge in [-0.2, -0.15) is 0 Å². The third kappa shape index (κ3) is 5.05. The number of nitrogens with one attached hydrogen (secondary N) is 1. The van der Waals surface area contributed by atoms with Crippen molar-refractivity contribution in [3.8, 4) is 0 Å². The molecule has 0 aromatic carbocycles. The molecule has 2 heterocycles. The van der Waals surface area contributed by atoms with Crippen LogP contribution in [0.3, 0.4) is 0 Å². The Morgan fingerprint density at radius 2 is 2.00 bits per heavy atom. The average molecular weight is 267 g/mol. The molecule has 2 saturated heterocycles. The molecule has 2 aliphatic heterocycles. The van der Waals surface area contributed by atoms with E-state index in [2.05, 4.69) is 29.0 Å². The largest absolute Gasteiger partial charge is 0.313 e. The predicted molar refractivity (Wildman–Crippen MR) is 82.6 cm³/mol. The Morgan fingerprint density at radius 3 is 2.79 bits per heavy atom. The molecule has 0 amide bonds. The average Bonchev–Trinajstić information content (AvgIpc) is 2.86. The quantitative estimate of drug-likeness (QED) is 0.764. The van der Waals surface area contributed by atoms with Crippen LogP contribution in [0.25, 0.3) is 0 Å². The Kier molecular flexibility index (Phi) is 6.62. The summed E-state index contributed by atoms with van der Waals surface area (Å²) in [6.07, 6.45) is 8.21. The molecule has 0 bridgehead atoms. The zero-order valence-electron chi connectivity index (χ0n) is 13.0. The van der Waals surface area contributed by atoms with Gasteiger partial charge < -0.3 is 15.1 Å². The van der Waals surface area contributed by atoms with E-state index >= 15 is 0 Å². The molecule has 112 valence electrons. The Labute approximate surface area is 119 Å². The molecule has 2 unspecified atom stereocenters. The van der Waals surface area contributed by atoms with E-state index in [9.17, 15) is 0 Å². The number of hydrogen-bond donors (Lipinski definition) is 1. The molecule has 2 atom stereocenters. The van der Waals surface area contributed by atoms with Gasteiger partial charge in [-0.25, -0.2) is 0 Å². The van der Waals surface area contributed by atoms with E-state index < -0.39 is 0 Å². The third-order valence-electron chi connectivity index (χ3n) is 4.82. The second-order valence-corrected chi connectivity index (χ2v) is 6.47. The first-order valence-electron chi connectivity index (χ1n) is 8.49. The highest BCUT2D eigenvalue weighted by atomic mass is 15.2. The van der Waals surface area contributed by atoms with Crippen molar-refractivity contribution >= 4 is 0 Å². The van der Waals surface area contributed by atoms with Crippen molar-refractivity contribution in [1.82, 2.24) is 15.1 Å². The second kappa shape index (κ2) is 8.23. The normalized spacial score (nSPS) is 30.0. The van der Waals surface area contributed by atoms with Crippen LogP contribution in [0.5, 0.6) is 0 Å². The molecule has 0 spiro atoms. The summed E-state index contributed by atoms with van der Waals surface area (Å²) in [6, 6.07) is 1.58. The molecule has 0 aromatic heterocycles. The molecule has 19 heavy (non-hydrogen) atoms. The highest BCUT2D eigenvalue weighted by Gasteiger charge is 2.22. The van der Waals surface area contributed by atoms with Crippen LogP contribution in [0, 0.1) is 0 Å². The highest BCUT2D eigenvalue weighted by molar-refractivity contribution is 4.81. The smallest absolute Gasteiger partial charge is 0.0207 e. The fourth-order valence-electron chi connectivity index (χ4n) is 3.54. The minimum atomic E-state index is 0.758. The second-order valence-electron chi connectivity index (χ2n) is 6.47. The van der Waals surface area contributed by atoms with E-state index in [0.29, 0.717) is 0 Å². The number of piperidine rings is 1. The van der Waals surface area contributed by atoms with Crippen LogP contribution < -0.4 is 5.32 Å². The zero-order chi connectivity index (χ0) is 13.5. The number of nitrogens with zero attached hydrogens (tertiary/aromatic N) is 2. The van der Waals surface area contributed by atoms with Gasteiger partial charge in [-0.15, -0.1) is 0 Å². The number of likely N-dealkylation sites (tertiary alicyclic amines) is 2. The maximum atomic E-state index is 3.66. The molecule has 2 aliphatic rings. The minimum absolute atomic E-state index is 0.758. The van der Waals surface area contributed by atoms with Gasteiger partial charge in [0.2, 0.25) is 0 Å². The fourth-order valence-corrected chi connectivity index (χ4v) is 3.54. The number of hydrogen-bond acceptors (Lipinski definition) is 3. The first-order chi connectivity index (χ1) is 9.29. The summed E-state index contributed by atoms with van der Waals surface area (Å²) in [6.45, 7) is 12.4. The SMILES string of the molecule is CCCNC1CCN(CCCN2CCCCC2C)C1. The Hall–Kier alpha value is -0.120. The van der Waals surface area contributed by atoms with E-state index in [-0.39, 0.29) is 0 Å². The van der Waals surface area contributed by atoms with Gasteiger partial charge in [-0.1, -0.05) is 13.3 Å². The predicted octanol–water partition coefficient (Wildman–Crippen LogP) is 2.32. The lowest BCUT2D eigenvalue weighted by Gasteiger charge is -2.33. The van der Waals surface area contributed by atoms with Gasteiger partial charge in [0.25, 0.3) is 0 Å². The van der Waals surface area contributed by atoms with Crippen molar-refractivity contribution in [2.45, 2.75) is 64.5 Å². The summed E-state index contributed by atoms with van der Waals surface area (Å²) < 4.78 is 0. The molecule has 1 N–H and O–H groups in total. The van der Waals surface area contributed by atoms with Crippen LogP contribution in [0.15, 0.2) is 0 Å². The lowest BCUT2D eigenvalue weighted by molar-refractivity contribution is 0.152. The van der Waals surface area contributed by atoms with Gasteiger partial charge in [-0.05, 0) is 71.8 Å². The zero-order valence-corrected chi connectivity index (χ0v) is 13.0. The van der Waals surface area contributed by atoms with Gasteiger partial charge >= 0.3 is 0 Å². The first kappa shape index (κ1) is 15.3. The lowest BCUT2D eigenvalue weighted by Crippen LogP contribution is -2.39. The summed E-state index contributed by atoms with van der Waals surface area (Å²) in [4.78, 5) is 5.36. The van der Waals surface area contributed by atoms with E-state index in [1.807, 2.05) is 0 Å². The van der Waals surface area contributed by atoms with Crippen LogP contribution in [-0.4, -0.2) is 61.2 Å². The van der Waals surface area contributed by atoms with E-state index in [4.69, 9.17) is 0 Å². The third-order valence-corrected chi connectivity index (χ3v) is 4.82. The standard InChI is InChI=1S/C16H33N3/c1-3-9-17-16-8-13-18(14-16)10-6-12-19-11-5-4-7-15(19)2/h15-17H,3-14H2,1-2H3. The molecule has 0 aliphatic carbocycles. The number of rotatable bonds is 7. The molecule has 2 fully saturated rings. The molecule has 0 radical (unpaired) electrons. The molecule has 3 nitrogen and oxygen atoms in total. The van der Waals surface area contributed by atoms with E-state index in [0.717, 1.165) is 12.1 Å². The lowest BCUT2D eigenvalue weighted by atomic mass is 10.0. The van der Waals surface area contributed by atoms with Gasteiger partial charge in [0.1, 0.15) is 0 Å². The van der Waals surface area contributed by atoms with Gasteiger partial charge in [-0.3, -0.25) is 0 Å². The maximum absolute atomic E-state index is 3.66. The highest BCUT2D eigenvalue weighted by Crippen LogP contribution is 2.17. The van der Waals surface area contributed by atoms with Crippen molar-refractivity contribution in [2.75, 3.05) is 39.3 Å². The summed E-state index contributed by atoms with van der Waals surface area (Å²) in [5.74, 6) is 0. The Balaban J connectivity index is 1.56. The van der Waals surface area contributed by atoms with Gasteiger partial charge in [0, 0.05) is 18.6 Å².